The Kier molecular flexibility index (Phi) is 4.00. The number of piperidine rings is 1. The number of hydrogen-bond donors (Lipinski definition) is 2. The van der Waals surface area contributed by atoms with Crippen molar-refractivity contribution in [1.82, 2.24) is 10.6 Å². The van der Waals surface area contributed by atoms with E-state index in [1.807, 2.05) is 0 Å². The molecule has 104 valence electrons. The van der Waals surface area contributed by atoms with Gasteiger partial charge < -0.3 is 10.6 Å². The van der Waals surface area contributed by atoms with E-state index in [9.17, 15) is 4.79 Å². The monoisotopic (exact) mass is 252 g/mol. The molecule has 1 atom stereocenters. The van der Waals surface area contributed by atoms with Crippen molar-refractivity contribution in [2.75, 3.05) is 13.1 Å². The van der Waals surface area contributed by atoms with Crippen LogP contribution in [0.3, 0.4) is 0 Å². The number of nitrogens with one attached hydrogen (secondary N) is 2. The fourth-order valence-corrected chi connectivity index (χ4v) is 3.47. The molecule has 0 spiro atoms. The van der Waals surface area contributed by atoms with E-state index in [-0.39, 0.29) is 17.4 Å². The molecule has 1 aliphatic heterocycles. The van der Waals surface area contributed by atoms with Crippen LogP contribution in [0.25, 0.3) is 0 Å². The Morgan fingerprint density at radius 3 is 2.44 bits per heavy atom. The van der Waals surface area contributed by atoms with E-state index >= 15 is 0 Å². The van der Waals surface area contributed by atoms with E-state index in [0.29, 0.717) is 5.41 Å². The van der Waals surface area contributed by atoms with Gasteiger partial charge in [-0.3, -0.25) is 4.79 Å². The van der Waals surface area contributed by atoms with Crippen LogP contribution in [0.4, 0.5) is 0 Å². The summed E-state index contributed by atoms with van der Waals surface area (Å²) in [6, 6.07) is -0.0174. The van der Waals surface area contributed by atoms with Crippen molar-refractivity contribution >= 4 is 5.91 Å². The predicted octanol–water partition coefficient (Wildman–Crippen LogP) is 2.46. The molecule has 0 aromatic carbocycles. The van der Waals surface area contributed by atoms with Crippen LogP contribution in [0, 0.1) is 10.8 Å². The maximum atomic E-state index is 12.3. The van der Waals surface area contributed by atoms with Gasteiger partial charge in [-0.15, -0.1) is 0 Å². The fraction of sp³-hybridized carbons (Fsp3) is 0.933. The summed E-state index contributed by atoms with van der Waals surface area (Å²) in [7, 11) is 0. The first-order chi connectivity index (χ1) is 8.43. The summed E-state index contributed by atoms with van der Waals surface area (Å²) in [6.07, 6.45) is 7.46. The summed E-state index contributed by atoms with van der Waals surface area (Å²) in [4.78, 5) is 12.3. The normalized spacial score (nSPS) is 30.1. The molecule has 3 heteroatoms. The van der Waals surface area contributed by atoms with Crippen LogP contribution in [0.15, 0.2) is 0 Å². The first kappa shape index (κ1) is 13.9. The third-order valence-corrected chi connectivity index (χ3v) is 4.89. The molecule has 2 rings (SSSR count). The molecule has 2 N–H and O–H groups in total. The van der Waals surface area contributed by atoms with E-state index in [2.05, 4.69) is 31.4 Å². The lowest BCUT2D eigenvalue weighted by Crippen LogP contribution is -2.56. The van der Waals surface area contributed by atoms with Crippen molar-refractivity contribution in [3.05, 3.63) is 0 Å². The summed E-state index contributed by atoms with van der Waals surface area (Å²) in [5, 5.41) is 6.57. The van der Waals surface area contributed by atoms with Crippen molar-refractivity contribution in [2.24, 2.45) is 10.8 Å². The van der Waals surface area contributed by atoms with Crippen molar-refractivity contribution in [2.45, 2.75) is 65.3 Å². The SMILES string of the molecule is CC1(CNC(=O)C2NCCCC2(C)C)CCCC1. The van der Waals surface area contributed by atoms with E-state index < -0.39 is 0 Å². The minimum Gasteiger partial charge on any atom is -0.354 e. The second kappa shape index (κ2) is 5.20. The second-order valence-corrected chi connectivity index (χ2v) is 7.21. The topological polar surface area (TPSA) is 41.1 Å². The van der Waals surface area contributed by atoms with Crippen molar-refractivity contribution in [1.29, 1.82) is 0 Å². The fourth-order valence-electron chi connectivity index (χ4n) is 3.47. The van der Waals surface area contributed by atoms with E-state index in [1.54, 1.807) is 0 Å². The summed E-state index contributed by atoms with van der Waals surface area (Å²) in [5.74, 6) is 0.202. The predicted molar refractivity (Wildman–Crippen MR) is 74.4 cm³/mol. The number of amides is 1. The van der Waals surface area contributed by atoms with Gasteiger partial charge in [-0.1, -0.05) is 33.6 Å². The maximum Gasteiger partial charge on any atom is 0.237 e. The molecule has 1 heterocycles. The molecule has 0 aromatic rings. The van der Waals surface area contributed by atoms with E-state index in [0.717, 1.165) is 19.5 Å². The van der Waals surface area contributed by atoms with Crippen LogP contribution in [0.2, 0.25) is 0 Å². The summed E-state index contributed by atoms with van der Waals surface area (Å²) < 4.78 is 0. The highest BCUT2D eigenvalue weighted by molar-refractivity contribution is 5.82. The quantitative estimate of drug-likeness (QED) is 0.810. The van der Waals surface area contributed by atoms with Crippen LogP contribution in [0.5, 0.6) is 0 Å². The van der Waals surface area contributed by atoms with Crippen molar-refractivity contribution < 1.29 is 4.79 Å². The molecule has 2 aliphatic rings. The Bertz CT molecular complexity index is 306. The summed E-state index contributed by atoms with van der Waals surface area (Å²) >= 11 is 0. The third kappa shape index (κ3) is 3.05. The van der Waals surface area contributed by atoms with Gasteiger partial charge in [0.05, 0.1) is 6.04 Å². The molecule has 1 saturated carbocycles. The average molecular weight is 252 g/mol. The third-order valence-electron chi connectivity index (χ3n) is 4.89. The van der Waals surface area contributed by atoms with Gasteiger partial charge in [0.2, 0.25) is 5.91 Å². The zero-order chi connectivity index (χ0) is 13.2. The van der Waals surface area contributed by atoms with Crippen LogP contribution in [0.1, 0.15) is 59.3 Å². The Balaban J connectivity index is 1.87. The number of rotatable bonds is 3. The van der Waals surface area contributed by atoms with Gasteiger partial charge >= 0.3 is 0 Å². The first-order valence-corrected chi connectivity index (χ1v) is 7.44. The maximum absolute atomic E-state index is 12.3. The molecule has 2 fully saturated rings. The number of carbonyl (C=O) groups excluding carboxylic acids is 1. The zero-order valence-corrected chi connectivity index (χ0v) is 12.1. The van der Waals surface area contributed by atoms with E-state index in [4.69, 9.17) is 0 Å². The molecule has 0 aromatic heterocycles. The average Bonchev–Trinajstić information content (AvgIpc) is 2.73. The minimum atomic E-state index is -0.0174. The molecule has 1 amide bonds. The highest BCUT2D eigenvalue weighted by atomic mass is 16.2. The van der Waals surface area contributed by atoms with Gasteiger partial charge in [-0.05, 0) is 43.1 Å². The van der Waals surface area contributed by atoms with E-state index in [1.165, 1.54) is 32.1 Å². The Morgan fingerprint density at radius 2 is 1.83 bits per heavy atom. The lowest BCUT2D eigenvalue weighted by atomic mass is 9.77. The minimum absolute atomic E-state index is 0.0174. The Morgan fingerprint density at radius 1 is 1.17 bits per heavy atom. The standard InChI is InChI=1S/C15H28N2O/c1-14(2)7-6-10-16-12(14)13(18)17-11-15(3)8-4-5-9-15/h12,16H,4-11H2,1-3H3,(H,17,18). The van der Waals surface area contributed by atoms with Gasteiger partial charge in [0.1, 0.15) is 0 Å². The van der Waals surface area contributed by atoms with Crippen LogP contribution >= 0.6 is 0 Å². The van der Waals surface area contributed by atoms with Gasteiger partial charge in [0.15, 0.2) is 0 Å². The van der Waals surface area contributed by atoms with Crippen molar-refractivity contribution in [3.8, 4) is 0 Å². The van der Waals surface area contributed by atoms with Crippen LogP contribution < -0.4 is 10.6 Å². The molecular formula is C15H28N2O. The molecule has 3 nitrogen and oxygen atoms in total. The second-order valence-electron chi connectivity index (χ2n) is 7.21. The smallest absolute Gasteiger partial charge is 0.237 e. The summed E-state index contributed by atoms with van der Waals surface area (Å²) in [6.45, 7) is 8.51. The highest BCUT2D eigenvalue weighted by Gasteiger charge is 2.38. The van der Waals surface area contributed by atoms with Crippen LogP contribution in [-0.4, -0.2) is 25.0 Å². The molecular weight excluding hydrogens is 224 g/mol. The first-order valence-electron chi connectivity index (χ1n) is 7.44. The molecule has 0 radical (unpaired) electrons. The van der Waals surface area contributed by atoms with Gasteiger partial charge in [0, 0.05) is 6.54 Å². The molecule has 18 heavy (non-hydrogen) atoms. The lowest BCUT2D eigenvalue weighted by Gasteiger charge is -2.38. The van der Waals surface area contributed by atoms with Gasteiger partial charge in [-0.25, -0.2) is 0 Å². The molecule has 0 bridgehead atoms. The zero-order valence-electron chi connectivity index (χ0n) is 12.1. The number of hydrogen-bond acceptors (Lipinski definition) is 2. The number of carbonyl (C=O) groups is 1. The van der Waals surface area contributed by atoms with Crippen molar-refractivity contribution in [3.63, 3.8) is 0 Å². The molecule has 1 aliphatic carbocycles. The lowest BCUT2D eigenvalue weighted by molar-refractivity contribution is -0.127. The largest absolute Gasteiger partial charge is 0.354 e. The highest BCUT2D eigenvalue weighted by Crippen LogP contribution is 2.37. The molecule has 1 unspecified atom stereocenters. The van der Waals surface area contributed by atoms with Crippen LogP contribution in [-0.2, 0) is 4.79 Å². The summed E-state index contributed by atoms with van der Waals surface area (Å²) in [5.41, 5.74) is 0.424. The Labute approximate surface area is 111 Å². The molecule has 1 saturated heterocycles. The van der Waals surface area contributed by atoms with Gasteiger partial charge in [-0.2, -0.15) is 0 Å². The van der Waals surface area contributed by atoms with Gasteiger partial charge in [0.25, 0.3) is 0 Å². The Hall–Kier alpha value is -0.570.